The van der Waals surface area contributed by atoms with E-state index in [-0.39, 0.29) is 11.9 Å². The van der Waals surface area contributed by atoms with Gasteiger partial charge in [-0.3, -0.25) is 4.79 Å². The van der Waals surface area contributed by atoms with Crippen LogP contribution in [0.5, 0.6) is 0 Å². The van der Waals surface area contributed by atoms with Crippen molar-refractivity contribution in [1.82, 2.24) is 4.90 Å². The summed E-state index contributed by atoms with van der Waals surface area (Å²) in [7, 11) is 1.81. The number of nitrogen functional groups attached to an aromatic ring is 1. The Kier molecular flexibility index (Phi) is 5.82. The number of nitrogens with two attached hydrogens (primary N) is 1. The van der Waals surface area contributed by atoms with Crippen molar-refractivity contribution in [2.75, 3.05) is 24.8 Å². The Labute approximate surface area is 118 Å². The fourth-order valence-electron chi connectivity index (χ4n) is 1.62. The molecule has 2 N–H and O–H groups in total. The van der Waals surface area contributed by atoms with E-state index in [9.17, 15) is 4.79 Å². The van der Waals surface area contributed by atoms with Crippen molar-refractivity contribution in [2.45, 2.75) is 19.4 Å². The van der Waals surface area contributed by atoms with E-state index >= 15 is 0 Å². The van der Waals surface area contributed by atoms with E-state index in [0.29, 0.717) is 16.3 Å². The molecule has 1 unspecified atom stereocenters. The summed E-state index contributed by atoms with van der Waals surface area (Å²) in [6.07, 6.45) is 3.03. The van der Waals surface area contributed by atoms with Crippen molar-refractivity contribution < 1.29 is 4.79 Å². The minimum Gasteiger partial charge on any atom is -0.399 e. The number of nitrogens with zero attached hydrogens (tertiary/aromatic N) is 1. The first kappa shape index (κ1) is 15.2. The molecule has 0 aliphatic carbocycles. The number of carbonyl (C=O) groups is 1. The van der Waals surface area contributed by atoms with Gasteiger partial charge >= 0.3 is 0 Å². The Balaban J connectivity index is 2.79. The van der Waals surface area contributed by atoms with Crippen molar-refractivity contribution in [3.8, 4) is 0 Å². The molecule has 100 valence electrons. The normalized spacial score (nSPS) is 12.2. The maximum absolute atomic E-state index is 12.3. The van der Waals surface area contributed by atoms with Crippen LogP contribution in [0, 0.1) is 0 Å². The zero-order valence-corrected chi connectivity index (χ0v) is 12.5. The standard InChI is InChI=1S/C13H19ClN2OS/c1-9(4-5-18-3)16(2)13(17)10-6-11(14)8-12(15)7-10/h6-9H,4-5,15H2,1-3H3. The number of hydrogen-bond acceptors (Lipinski definition) is 3. The number of amides is 1. The van der Waals surface area contributed by atoms with Crippen LogP contribution >= 0.6 is 23.4 Å². The monoisotopic (exact) mass is 286 g/mol. The Bertz CT molecular complexity index is 405. The second kappa shape index (κ2) is 6.90. The minimum absolute atomic E-state index is 0.0437. The third-order valence-corrected chi connectivity index (χ3v) is 3.75. The van der Waals surface area contributed by atoms with Gasteiger partial charge < -0.3 is 10.6 Å². The van der Waals surface area contributed by atoms with Crippen LogP contribution in [0.2, 0.25) is 5.02 Å². The first-order valence-electron chi connectivity index (χ1n) is 5.78. The minimum atomic E-state index is -0.0437. The van der Waals surface area contributed by atoms with E-state index in [1.165, 1.54) is 0 Å². The molecule has 0 saturated carbocycles. The number of anilines is 1. The zero-order chi connectivity index (χ0) is 13.7. The predicted molar refractivity (Wildman–Crippen MR) is 80.4 cm³/mol. The summed E-state index contributed by atoms with van der Waals surface area (Å²) in [5, 5.41) is 0.489. The number of hydrogen-bond donors (Lipinski definition) is 1. The van der Waals surface area contributed by atoms with Gasteiger partial charge in [0.05, 0.1) is 0 Å². The van der Waals surface area contributed by atoms with Gasteiger partial charge in [0, 0.05) is 29.4 Å². The highest BCUT2D eigenvalue weighted by molar-refractivity contribution is 7.98. The molecule has 18 heavy (non-hydrogen) atoms. The second-order valence-electron chi connectivity index (χ2n) is 4.32. The molecular weight excluding hydrogens is 268 g/mol. The summed E-state index contributed by atoms with van der Waals surface area (Å²) in [6.45, 7) is 2.04. The molecule has 0 heterocycles. The van der Waals surface area contributed by atoms with Crippen molar-refractivity contribution in [3.63, 3.8) is 0 Å². The predicted octanol–water partition coefficient (Wildman–Crippen LogP) is 3.14. The van der Waals surface area contributed by atoms with Crippen LogP contribution in [0.3, 0.4) is 0 Å². The van der Waals surface area contributed by atoms with Crippen LogP contribution in [-0.2, 0) is 0 Å². The Morgan fingerprint density at radius 3 is 2.72 bits per heavy atom. The SMILES string of the molecule is CSCCC(C)N(C)C(=O)c1cc(N)cc(Cl)c1. The Morgan fingerprint density at radius 2 is 2.17 bits per heavy atom. The summed E-state index contributed by atoms with van der Waals surface area (Å²) in [4.78, 5) is 14.0. The molecule has 1 aromatic rings. The smallest absolute Gasteiger partial charge is 0.253 e. The number of rotatable bonds is 5. The van der Waals surface area contributed by atoms with Gasteiger partial charge in [0.1, 0.15) is 0 Å². The lowest BCUT2D eigenvalue weighted by molar-refractivity contribution is 0.0741. The van der Waals surface area contributed by atoms with Gasteiger partial charge in [0.15, 0.2) is 0 Å². The van der Waals surface area contributed by atoms with E-state index in [2.05, 4.69) is 6.26 Å². The molecule has 0 aliphatic heterocycles. The molecule has 0 radical (unpaired) electrons. The topological polar surface area (TPSA) is 46.3 Å². The zero-order valence-electron chi connectivity index (χ0n) is 10.9. The van der Waals surface area contributed by atoms with Crippen LogP contribution in [-0.4, -0.2) is 35.9 Å². The lowest BCUT2D eigenvalue weighted by atomic mass is 10.1. The van der Waals surface area contributed by atoms with Crippen molar-refractivity contribution in [1.29, 1.82) is 0 Å². The number of halogens is 1. The third kappa shape index (κ3) is 4.10. The van der Waals surface area contributed by atoms with Gasteiger partial charge in [-0.2, -0.15) is 11.8 Å². The molecule has 0 fully saturated rings. The summed E-state index contributed by atoms with van der Waals surface area (Å²) < 4.78 is 0. The van der Waals surface area contributed by atoms with E-state index in [1.807, 2.05) is 14.0 Å². The molecule has 0 spiro atoms. The van der Waals surface area contributed by atoms with E-state index in [4.69, 9.17) is 17.3 Å². The lowest BCUT2D eigenvalue weighted by Crippen LogP contribution is -2.35. The molecule has 5 heteroatoms. The van der Waals surface area contributed by atoms with Gasteiger partial charge in [-0.05, 0) is 43.6 Å². The second-order valence-corrected chi connectivity index (χ2v) is 5.74. The van der Waals surface area contributed by atoms with Gasteiger partial charge in [-0.15, -0.1) is 0 Å². The van der Waals surface area contributed by atoms with Crippen LogP contribution in [0.4, 0.5) is 5.69 Å². The molecule has 1 rings (SSSR count). The highest BCUT2D eigenvalue weighted by Crippen LogP contribution is 2.19. The fraction of sp³-hybridized carbons (Fsp3) is 0.462. The first-order valence-corrected chi connectivity index (χ1v) is 7.55. The Hall–Kier alpha value is -0.870. The van der Waals surface area contributed by atoms with E-state index < -0.39 is 0 Å². The summed E-state index contributed by atoms with van der Waals surface area (Å²) >= 11 is 7.69. The number of thioether (sulfide) groups is 1. The van der Waals surface area contributed by atoms with E-state index in [0.717, 1.165) is 12.2 Å². The molecule has 1 atom stereocenters. The third-order valence-electron chi connectivity index (χ3n) is 2.89. The van der Waals surface area contributed by atoms with Gasteiger partial charge in [-0.1, -0.05) is 11.6 Å². The average molecular weight is 287 g/mol. The van der Waals surface area contributed by atoms with Crippen LogP contribution in [0.1, 0.15) is 23.7 Å². The highest BCUT2D eigenvalue weighted by Gasteiger charge is 2.17. The number of carbonyl (C=O) groups excluding carboxylic acids is 1. The van der Waals surface area contributed by atoms with E-state index in [1.54, 1.807) is 34.9 Å². The van der Waals surface area contributed by atoms with Gasteiger partial charge in [0.25, 0.3) is 5.91 Å². The van der Waals surface area contributed by atoms with Crippen molar-refractivity contribution in [3.05, 3.63) is 28.8 Å². The Morgan fingerprint density at radius 1 is 1.50 bits per heavy atom. The van der Waals surface area contributed by atoms with Gasteiger partial charge in [-0.25, -0.2) is 0 Å². The van der Waals surface area contributed by atoms with Crippen LogP contribution in [0.15, 0.2) is 18.2 Å². The molecule has 3 nitrogen and oxygen atoms in total. The van der Waals surface area contributed by atoms with Crippen molar-refractivity contribution >= 4 is 35.0 Å². The molecule has 1 aromatic carbocycles. The maximum atomic E-state index is 12.3. The van der Waals surface area contributed by atoms with Crippen molar-refractivity contribution in [2.24, 2.45) is 0 Å². The average Bonchev–Trinajstić information content (AvgIpc) is 2.32. The molecule has 0 bridgehead atoms. The lowest BCUT2D eigenvalue weighted by Gasteiger charge is -2.25. The summed E-state index contributed by atoms with van der Waals surface area (Å²) in [5.41, 5.74) is 6.75. The summed E-state index contributed by atoms with van der Waals surface area (Å²) in [6, 6.07) is 5.14. The first-order chi connectivity index (χ1) is 8.45. The van der Waals surface area contributed by atoms with Gasteiger partial charge in [0.2, 0.25) is 0 Å². The highest BCUT2D eigenvalue weighted by atomic mass is 35.5. The molecule has 1 amide bonds. The quantitative estimate of drug-likeness (QED) is 0.846. The fourth-order valence-corrected chi connectivity index (χ4v) is 2.44. The van der Waals surface area contributed by atoms with Crippen LogP contribution in [0.25, 0.3) is 0 Å². The summed E-state index contributed by atoms with van der Waals surface area (Å²) in [5.74, 6) is 0.994. The maximum Gasteiger partial charge on any atom is 0.253 e. The number of benzene rings is 1. The molecule has 0 aliphatic rings. The molecule has 0 saturated heterocycles. The largest absolute Gasteiger partial charge is 0.399 e. The van der Waals surface area contributed by atoms with Crippen LogP contribution < -0.4 is 5.73 Å². The molecular formula is C13H19ClN2OS. The molecule has 0 aromatic heterocycles.